The van der Waals surface area contributed by atoms with Gasteiger partial charge < -0.3 is 5.32 Å². The van der Waals surface area contributed by atoms with E-state index >= 15 is 0 Å². The maximum absolute atomic E-state index is 4.13. The summed E-state index contributed by atoms with van der Waals surface area (Å²) >= 11 is 0. The lowest BCUT2D eigenvalue weighted by molar-refractivity contribution is 0.813. The molecule has 0 spiro atoms. The van der Waals surface area contributed by atoms with Crippen LogP contribution in [0.3, 0.4) is 0 Å². The molecule has 2 heteroatoms. The molecule has 0 radical (unpaired) electrons. The quantitative estimate of drug-likeness (QED) is 0.713. The molecular formula is C11H16N2. The van der Waals surface area contributed by atoms with Gasteiger partial charge in [-0.2, -0.15) is 0 Å². The lowest BCUT2D eigenvalue weighted by atomic mass is 10.2. The predicted octanol–water partition coefficient (Wildman–Crippen LogP) is 2.77. The summed E-state index contributed by atoms with van der Waals surface area (Å²) in [5.74, 6) is 0. The van der Waals surface area contributed by atoms with Crippen LogP contribution in [0.5, 0.6) is 0 Å². The maximum Gasteiger partial charge on any atom is 0.0393 e. The molecule has 0 saturated heterocycles. The van der Waals surface area contributed by atoms with Crippen molar-refractivity contribution < 1.29 is 0 Å². The lowest BCUT2D eigenvalue weighted by Gasteiger charge is -2.12. The van der Waals surface area contributed by atoms with E-state index in [2.05, 4.69) is 23.8 Å². The normalized spacial score (nSPS) is 12.2. The Bertz CT molecular complexity index is 281. The number of pyridine rings is 1. The third-order valence-corrected chi connectivity index (χ3v) is 1.83. The minimum Gasteiger partial charge on any atom is -0.382 e. The summed E-state index contributed by atoms with van der Waals surface area (Å²) in [6, 6.07) is 4.45. The second-order valence-electron chi connectivity index (χ2n) is 3.26. The summed E-state index contributed by atoms with van der Waals surface area (Å²) in [4.78, 5) is 4.13. The molecule has 1 atom stereocenters. The third kappa shape index (κ3) is 3.28. The molecule has 0 bridgehead atoms. The Morgan fingerprint density at radius 3 is 3.08 bits per heavy atom. The highest BCUT2D eigenvalue weighted by Crippen LogP contribution is 2.09. The van der Waals surface area contributed by atoms with Gasteiger partial charge >= 0.3 is 0 Å². The van der Waals surface area contributed by atoms with Crippen LogP contribution in [-0.4, -0.2) is 11.0 Å². The van der Waals surface area contributed by atoms with Crippen LogP contribution in [0, 0.1) is 6.92 Å². The largest absolute Gasteiger partial charge is 0.382 e. The van der Waals surface area contributed by atoms with Gasteiger partial charge in [0, 0.05) is 23.6 Å². The molecule has 1 rings (SSSR count). The van der Waals surface area contributed by atoms with Crippen molar-refractivity contribution in [2.75, 3.05) is 5.32 Å². The molecule has 0 saturated carbocycles. The number of hydrogen-bond acceptors (Lipinski definition) is 2. The fourth-order valence-corrected chi connectivity index (χ4v) is 1.23. The van der Waals surface area contributed by atoms with Crippen molar-refractivity contribution in [1.82, 2.24) is 4.98 Å². The Morgan fingerprint density at radius 2 is 2.46 bits per heavy atom. The summed E-state index contributed by atoms with van der Waals surface area (Å²) in [7, 11) is 0. The van der Waals surface area contributed by atoms with Crippen molar-refractivity contribution in [3.8, 4) is 0 Å². The van der Waals surface area contributed by atoms with Crippen LogP contribution in [0.25, 0.3) is 0 Å². The number of hydrogen-bond donors (Lipinski definition) is 1. The average molecular weight is 176 g/mol. The van der Waals surface area contributed by atoms with E-state index in [1.165, 1.54) is 0 Å². The van der Waals surface area contributed by atoms with Crippen molar-refractivity contribution in [2.24, 2.45) is 0 Å². The maximum atomic E-state index is 4.13. The first kappa shape index (κ1) is 9.78. The Labute approximate surface area is 79.7 Å². The Kier molecular flexibility index (Phi) is 3.50. The molecule has 13 heavy (non-hydrogen) atoms. The van der Waals surface area contributed by atoms with Crippen molar-refractivity contribution in [3.63, 3.8) is 0 Å². The number of nitrogens with zero attached hydrogens (tertiary/aromatic N) is 1. The number of aryl methyl sites for hydroxylation is 1. The van der Waals surface area contributed by atoms with E-state index in [0.29, 0.717) is 6.04 Å². The molecule has 1 heterocycles. The van der Waals surface area contributed by atoms with E-state index in [-0.39, 0.29) is 0 Å². The van der Waals surface area contributed by atoms with Crippen molar-refractivity contribution in [2.45, 2.75) is 26.3 Å². The molecular weight excluding hydrogens is 160 g/mol. The van der Waals surface area contributed by atoms with E-state index in [4.69, 9.17) is 0 Å². The number of rotatable bonds is 4. The van der Waals surface area contributed by atoms with Crippen molar-refractivity contribution in [3.05, 3.63) is 36.7 Å². The summed E-state index contributed by atoms with van der Waals surface area (Å²) in [5, 5.41) is 3.37. The molecule has 70 valence electrons. The van der Waals surface area contributed by atoms with Gasteiger partial charge in [0.1, 0.15) is 0 Å². The van der Waals surface area contributed by atoms with E-state index < -0.39 is 0 Å². The second-order valence-corrected chi connectivity index (χ2v) is 3.26. The number of nitrogens with one attached hydrogen (secondary N) is 1. The van der Waals surface area contributed by atoms with Gasteiger partial charge in [0.2, 0.25) is 0 Å². The molecule has 1 unspecified atom stereocenters. The highest BCUT2D eigenvalue weighted by Gasteiger charge is 1.98. The van der Waals surface area contributed by atoms with E-state index in [0.717, 1.165) is 17.8 Å². The molecule has 1 N–H and O–H groups in total. The van der Waals surface area contributed by atoms with Crippen LogP contribution < -0.4 is 5.32 Å². The van der Waals surface area contributed by atoms with Gasteiger partial charge in [-0.3, -0.25) is 4.98 Å². The third-order valence-electron chi connectivity index (χ3n) is 1.83. The van der Waals surface area contributed by atoms with E-state index in [1.807, 2.05) is 31.3 Å². The molecule has 0 aliphatic heterocycles. The highest BCUT2D eigenvalue weighted by molar-refractivity contribution is 5.43. The molecule has 0 fully saturated rings. The molecule has 0 aromatic carbocycles. The fraction of sp³-hybridized carbons (Fsp3) is 0.364. The summed E-state index contributed by atoms with van der Waals surface area (Å²) in [6.07, 6.45) is 4.71. The van der Waals surface area contributed by atoms with Crippen LogP contribution in [0.15, 0.2) is 31.0 Å². The summed E-state index contributed by atoms with van der Waals surface area (Å²) in [6.45, 7) is 7.83. The number of aromatic nitrogens is 1. The van der Waals surface area contributed by atoms with Crippen LogP contribution >= 0.6 is 0 Å². The topological polar surface area (TPSA) is 24.9 Å². The minimum absolute atomic E-state index is 0.430. The predicted molar refractivity (Wildman–Crippen MR) is 56.9 cm³/mol. The van der Waals surface area contributed by atoms with Gasteiger partial charge in [-0.1, -0.05) is 6.08 Å². The standard InChI is InChI=1S/C11H16N2/c1-4-5-9(2)13-11-6-7-12-10(3)8-11/h4,6-9H,1,5H2,2-3H3,(H,12,13). The summed E-state index contributed by atoms with van der Waals surface area (Å²) in [5.41, 5.74) is 2.16. The minimum atomic E-state index is 0.430. The van der Waals surface area contributed by atoms with Gasteiger partial charge in [0.15, 0.2) is 0 Å². The first-order chi connectivity index (χ1) is 6.22. The van der Waals surface area contributed by atoms with Crippen LogP contribution in [-0.2, 0) is 0 Å². The Hall–Kier alpha value is -1.31. The van der Waals surface area contributed by atoms with E-state index in [1.54, 1.807) is 0 Å². The van der Waals surface area contributed by atoms with Gasteiger partial charge in [-0.05, 0) is 32.4 Å². The Balaban J connectivity index is 2.58. The fourth-order valence-electron chi connectivity index (χ4n) is 1.23. The smallest absolute Gasteiger partial charge is 0.0393 e. The van der Waals surface area contributed by atoms with Gasteiger partial charge in [0.25, 0.3) is 0 Å². The lowest BCUT2D eigenvalue weighted by Crippen LogP contribution is -2.13. The molecule has 1 aromatic rings. The monoisotopic (exact) mass is 176 g/mol. The zero-order valence-electron chi connectivity index (χ0n) is 8.25. The second kappa shape index (κ2) is 4.65. The first-order valence-electron chi connectivity index (χ1n) is 4.52. The van der Waals surface area contributed by atoms with Crippen LogP contribution in [0.4, 0.5) is 5.69 Å². The molecule has 0 amide bonds. The van der Waals surface area contributed by atoms with Gasteiger partial charge in [0.05, 0.1) is 0 Å². The Morgan fingerprint density at radius 1 is 1.69 bits per heavy atom. The molecule has 2 nitrogen and oxygen atoms in total. The molecule has 0 aliphatic carbocycles. The SMILES string of the molecule is C=CCC(C)Nc1ccnc(C)c1. The van der Waals surface area contributed by atoms with Crippen LogP contribution in [0.1, 0.15) is 19.0 Å². The van der Waals surface area contributed by atoms with Gasteiger partial charge in [-0.15, -0.1) is 6.58 Å². The average Bonchev–Trinajstić information content (AvgIpc) is 2.04. The molecule has 0 aliphatic rings. The van der Waals surface area contributed by atoms with Crippen LogP contribution in [0.2, 0.25) is 0 Å². The van der Waals surface area contributed by atoms with Crippen molar-refractivity contribution in [1.29, 1.82) is 0 Å². The van der Waals surface area contributed by atoms with Gasteiger partial charge in [-0.25, -0.2) is 0 Å². The zero-order chi connectivity index (χ0) is 9.68. The number of anilines is 1. The van der Waals surface area contributed by atoms with E-state index in [9.17, 15) is 0 Å². The zero-order valence-corrected chi connectivity index (χ0v) is 8.25. The summed E-state index contributed by atoms with van der Waals surface area (Å²) < 4.78 is 0. The van der Waals surface area contributed by atoms with Crippen molar-refractivity contribution >= 4 is 5.69 Å². The first-order valence-corrected chi connectivity index (χ1v) is 4.52. The highest BCUT2D eigenvalue weighted by atomic mass is 14.9. The molecule has 1 aromatic heterocycles.